The number of Topliss-reactive ketones (excluding diaryl/α,β-unsaturated/α-hetero) is 1. The fourth-order valence-corrected chi connectivity index (χ4v) is 6.83. The van der Waals surface area contributed by atoms with Crippen LogP contribution in [0.15, 0.2) is 48.5 Å². The van der Waals surface area contributed by atoms with Crippen LogP contribution in [0.3, 0.4) is 0 Å². The molecule has 5 rings (SSSR count). The molecule has 3 atom stereocenters. The predicted molar refractivity (Wildman–Crippen MR) is 155 cm³/mol. The summed E-state index contributed by atoms with van der Waals surface area (Å²) in [6.07, 6.45) is 1.71. The van der Waals surface area contributed by atoms with Gasteiger partial charge in [-0.25, -0.2) is 4.39 Å². The van der Waals surface area contributed by atoms with Gasteiger partial charge in [-0.05, 0) is 82.1 Å². The molecule has 1 aliphatic heterocycles. The van der Waals surface area contributed by atoms with Gasteiger partial charge < -0.3 is 26.1 Å². The van der Waals surface area contributed by atoms with E-state index < -0.39 is 34.7 Å². The summed E-state index contributed by atoms with van der Waals surface area (Å²) in [5.41, 5.74) is 7.96. The molecule has 3 aromatic rings. The number of rotatable bonds is 9. The highest BCUT2D eigenvalue weighted by atomic mass is 19.1. The van der Waals surface area contributed by atoms with Gasteiger partial charge in [0, 0.05) is 40.3 Å². The molecule has 1 fully saturated rings. The number of ketones is 1. The molecule has 0 bridgehead atoms. The third-order valence-corrected chi connectivity index (χ3v) is 8.69. The highest BCUT2D eigenvalue weighted by Crippen LogP contribution is 2.56. The Morgan fingerprint density at radius 1 is 1.15 bits per heavy atom. The lowest BCUT2D eigenvalue weighted by Gasteiger charge is -2.42. The Bertz CT molecular complexity index is 1450. The fraction of sp³-hybridized carbons (Fsp3) is 0.469. The number of nitrogens with two attached hydrogens (primary N) is 1. The van der Waals surface area contributed by atoms with Crippen LogP contribution >= 0.6 is 0 Å². The summed E-state index contributed by atoms with van der Waals surface area (Å²) in [6, 6.07) is 13.4. The summed E-state index contributed by atoms with van der Waals surface area (Å²) in [5.74, 6) is -2.24. The van der Waals surface area contributed by atoms with Crippen LogP contribution in [0.5, 0.6) is 0 Å². The van der Waals surface area contributed by atoms with E-state index in [9.17, 15) is 18.8 Å². The molecule has 1 saturated heterocycles. The molecule has 1 aliphatic carbocycles. The first-order valence-corrected chi connectivity index (χ1v) is 14.4. The molecule has 9 heteroatoms. The number of esters is 1. The number of benzene rings is 2. The third-order valence-electron chi connectivity index (χ3n) is 8.69. The Hall–Kier alpha value is -3.56. The lowest BCUT2D eigenvalue weighted by molar-refractivity contribution is -0.144. The van der Waals surface area contributed by atoms with Crippen molar-refractivity contribution in [1.82, 2.24) is 15.6 Å². The van der Waals surface area contributed by atoms with Crippen molar-refractivity contribution < 1.29 is 23.5 Å². The molecule has 1 aromatic heterocycles. The van der Waals surface area contributed by atoms with Crippen molar-refractivity contribution in [1.29, 1.82) is 0 Å². The van der Waals surface area contributed by atoms with Gasteiger partial charge in [-0.2, -0.15) is 0 Å². The maximum Gasteiger partial charge on any atom is 0.306 e. The van der Waals surface area contributed by atoms with Crippen molar-refractivity contribution in [2.24, 2.45) is 11.7 Å². The number of carbonyl (C=O) groups excluding carboxylic acids is 3. The molecule has 5 N–H and O–H groups in total. The number of H-pyrrole nitrogens is 1. The standard InChI is InChI=1S/C32H39FN4O4/c1-4-41-27(38)18-23-22-7-5-6-8-24(22)32(11-13-35-14-12-32)28(23)29(39)26(37-30(40)31(2,3)34)17-21-16-19-15-20(33)9-10-25(19)36-21/h5-10,15-16,23,26,28,35-36H,4,11-14,17-18,34H2,1-3H3,(H,37,40)/t23-,26-,28?/m1/s1. The Morgan fingerprint density at radius 2 is 1.88 bits per heavy atom. The molecule has 0 saturated carbocycles. The second kappa shape index (κ2) is 11.4. The monoisotopic (exact) mass is 562 g/mol. The van der Waals surface area contributed by atoms with E-state index in [0.717, 1.165) is 42.6 Å². The van der Waals surface area contributed by atoms with E-state index in [4.69, 9.17) is 10.5 Å². The van der Waals surface area contributed by atoms with Crippen LogP contribution in [-0.2, 0) is 31.0 Å². The number of hydrogen-bond donors (Lipinski definition) is 4. The summed E-state index contributed by atoms with van der Waals surface area (Å²) in [4.78, 5) is 44.2. The summed E-state index contributed by atoms with van der Waals surface area (Å²) < 4.78 is 19.2. The maximum absolute atomic E-state index is 14.9. The van der Waals surface area contributed by atoms with Gasteiger partial charge in [-0.1, -0.05) is 24.3 Å². The number of hydrogen-bond acceptors (Lipinski definition) is 6. The summed E-state index contributed by atoms with van der Waals surface area (Å²) in [7, 11) is 0. The van der Waals surface area contributed by atoms with Crippen molar-refractivity contribution in [2.45, 2.75) is 69.4 Å². The van der Waals surface area contributed by atoms with Crippen LogP contribution in [-0.4, -0.2) is 53.9 Å². The number of piperidine rings is 1. The van der Waals surface area contributed by atoms with E-state index in [0.29, 0.717) is 11.1 Å². The molecule has 1 spiro atoms. The molecule has 2 aliphatic rings. The van der Waals surface area contributed by atoms with E-state index in [1.54, 1.807) is 32.9 Å². The number of ether oxygens (including phenoxy) is 1. The van der Waals surface area contributed by atoms with E-state index in [1.807, 2.05) is 18.2 Å². The van der Waals surface area contributed by atoms with Gasteiger partial charge in [-0.3, -0.25) is 14.4 Å². The largest absolute Gasteiger partial charge is 0.466 e. The first kappa shape index (κ1) is 29.0. The van der Waals surface area contributed by atoms with Crippen LogP contribution in [0.4, 0.5) is 4.39 Å². The van der Waals surface area contributed by atoms with Gasteiger partial charge in [0.15, 0.2) is 5.78 Å². The number of aromatic amines is 1. The first-order valence-electron chi connectivity index (χ1n) is 14.4. The number of carbonyl (C=O) groups is 3. The van der Waals surface area contributed by atoms with E-state index in [-0.39, 0.29) is 37.0 Å². The smallest absolute Gasteiger partial charge is 0.306 e. The van der Waals surface area contributed by atoms with Crippen molar-refractivity contribution in [3.8, 4) is 0 Å². The molecule has 0 radical (unpaired) electrons. The average Bonchev–Trinajstić information content (AvgIpc) is 3.44. The summed E-state index contributed by atoms with van der Waals surface area (Å²) >= 11 is 0. The fourth-order valence-electron chi connectivity index (χ4n) is 6.83. The van der Waals surface area contributed by atoms with Gasteiger partial charge in [0.05, 0.1) is 24.6 Å². The summed E-state index contributed by atoms with van der Waals surface area (Å²) in [5, 5.41) is 7.04. The SMILES string of the molecule is CCOC(=O)C[C@@H]1c2ccccc2C2(CCNCC2)C1C(=O)[C@@H](Cc1cc2cc(F)ccc2[nH]1)NC(=O)C(C)(C)N. The Morgan fingerprint density at radius 3 is 2.59 bits per heavy atom. The Labute approximate surface area is 239 Å². The second-order valence-electron chi connectivity index (χ2n) is 12.0. The second-order valence-corrected chi connectivity index (χ2v) is 12.0. The minimum atomic E-state index is -1.21. The molecular formula is C32H39FN4O4. The lowest BCUT2D eigenvalue weighted by Crippen LogP contribution is -2.57. The van der Waals surface area contributed by atoms with Crippen molar-refractivity contribution in [3.05, 3.63) is 71.2 Å². The van der Waals surface area contributed by atoms with Crippen molar-refractivity contribution in [2.75, 3.05) is 19.7 Å². The van der Waals surface area contributed by atoms with E-state index in [1.165, 1.54) is 12.1 Å². The number of aromatic nitrogens is 1. The highest BCUT2D eigenvalue weighted by molar-refractivity contribution is 5.96. The molecule has 2 aromatic carbocycles. The van der Waals surface area contributed by atoms with Crippen molar-refractivity contribution in [3.63, 3.8) is 0 Å². The lowest BCUT2D eigenvalue weighted by atomic mass is 9.64. The van der Waals surface area contributed by atoms with Gasteiger partial charge in [-0.15, -0.1) is 0 Å². The molecule has 2 heterocycles. The third kappa shape index (κ3) is 5.65. The van der Waals surface area contributed by atoms with Crippen LogP contribution in [0.1, 0.15) is 62.8 Å². The topological polar surface area (TPSA) is 126 Å². The quantitative estimate of drug-likeness (QED) is 0.295. The van der Waals surface area contributed by atoms with Crippen LogP contribution in [0.25, 0.3) is 10.9 Å². The number of amides is 1. The minimum absolute atomic E-state index is 0.0746. The van der Waals surface area contributed by atoms with Gasteiger partial charge in [0.25, 0.3) is 0 Å². The Kier molecular flexibility index (Phi) is 8.03. The summed E-state index contributed by atoms with van der Waals surface area (Å²) in [6.45, 7) is 6.70. The molecule has 218 valence electrons. The van der Waals surface area contributed by atoms with Gasteiger partial charge in [0.1, 0.15) is 5.82 Å². The number of nitrogens with one attached hydrogen (secondary N) is 3. The van der Waals surface area contributed by atoms with Gasteiger partial charge in [0.2, 0.25) is 5.91 Å². The Balaban J connectivity index is 1.58. The van der Waals surface area contributed by atoms with E-state index >= 15 is 0 Å². The van der Waals surface area contributed by atoms with Crippen LogP contribution in [0, 0.1) is 11.7 Å². The zero-order valence-electron chi connectivity index (χ0n) is 23.9. The van der Waals surface area contributed by atoms with E-state index in [2.05, 4.69) is 21.7 Å². The molecule has 8 nitrogen and oxygen atoms in total. The molecule has 1 amide bonds. The maximum atomic E-state index is 14.9. The molecule has 1 unspecified atom stereocenters. The molecule has 41 heavy (non-hydrogen) atoms. The van der Waals surface area contributed by atoms with Crippen LogP contribution in [0.2, 0.25) is 0 Å². The molecular weight excluding hydrogens is 523 g/mol. The average molecular weight is 563 g/mol. The highest BCUT2D eigenvalue weighted by Gasteiger charge is 2.56. The normalized spacial score (nSPS) is 20.5. The first-order chi connectivity index (χ1) is 19.5. The van der Waals surface area contributed by atoms with Gasteiger partial charge >= 0.3 is 5.97 Å². The zero-order chi connectivity index (χ0) is 29.4. The minimum Gasteiger partial charge on any atom is -0.466 e. The number of fused-ring (bicyclic) bond motifs is 3. The zero-order valence-corrected chi connectivity index (χ0v) is 23.9. The van der Waals surface area contributed by atoms with Crippen LogP contribution < -0.4 is 16.4 Å². The predicted octanol–water partition coefficient (Wildman–Crippen LogP) is 3.63. The number of halogens is 1. The van der Waals surface area contributed by atoms with Crippen molar-refractivity contribution >= 4 is 28.6 Å².